The van der Waals surface area contributed by atoms with Crippen molar-refractivity contribution in [2.75, 3.05) is 30.3 Å². The molecule has 1 aliphatic heterocycles. The fourth-order valence-corrected chi connectivity index (χ4v) is 2.21. The maximum absolute atomic E-state index is 5.72. The van der Waals surface area contributed by atoms with Gasteiger partial charge in [-0.3, -0.25) is 5.10 Å². The monoisotopic (exact) mass is 233 g/mol. The number of fused-ring (bicyclic) bond motifs is 1. The lowest BCUT2D eigenvalue weighted by atomic mass is 10.2. The topological polar surface area (TPSA) is 95.7 Å². The van der Waals surface area contributed by atoms with E-state index >= 15 is 0 Å². The minimum atomic E-state index is 0.280. The maximum atomic E-state index is 5.72. The number of nitrogen functional groups attached to an aromatic ring is 1. The number of nitrogens with zero attached hydrogens (tertiary/aromatic N) is 4. The van der Waals surface area contributed by atoms with Crippen LogP contribution in [0.25, 0.3) is 11.0 Å². The normalized spacial score (nSPS) is 21.0. The summed E-state index contributed by atoms with van der Waals surface area (Å²) < 4.78 is 0. The zero-order chi connectivity index (χ0) is 11.8. The molecule has 2 aromatic heterocycles. The first-order valence-corrected chi connectivity index (χ1v) is 5.69. The van der Waals surface area contributed by atoms with Crippen LogP contribution in [0.15, 0.2) is 6.20 Å². The SMILES string of the molecule is C[C@H]1CNCCN1c1nc(N)nc2[nH]ncc12. The number of aromatic nitrogens is 4. The van der Waals surface area contributed by atoms with Crippen molar-refractivity contribution in [1.29, 1.82) is 0 Å². The predicted molar refractivity (Wildman–Crippen MR) is 65.8 cm³/mol. The minimum absolute atomic E-state index is 0.280. The van der Waals surface area contributed by atoms with E-state index in [1.54, 1.807) is 6.20 Å². The van der Waals surface area contributed by atoms with Crippen molar-refractivity contribution in [3.8, 4) is 0 Å². The first-order valence-electron chi connectivity index (χ1n) is 5.69. The molecule has 2 aromatic rings. The van der Waals surface area contributed by atoms with E-state index in [0.29, 0.717) is 11.7 Å². The van der Waals surface area contributed by atoms with Crippen molar-refractivity contribution >= 4 is 22.8 Å². The number of nitrogens with two attached hydrogens (primary N) is 1. The molecule has 0 amide bonds. The third-order valence-electron chi connectivity index (χ3n) is 3.08. The summed E-state index contributed by atoms with van der Waals surface area (Å²) in [7, 11) is 0. The Bertz CT molecular complexity index is 534. The van der Waals surface area contributed by atoms with Gasteiger partial charge in [0.05, 0.1) is 11.6 Å². The van der Waals surface area contributed by atoms with Crippen molar-refractivity contribution in [2.45, 2.75) is 13.0 Å². The summed E-state index contributed by atoms with van der Waals surface area (Å²) >= 11 is 0. The van der Waals surface area contributed by atoms with Crippen LogP contribution in [0, 0.1) is 0 Å². The van der Waals surface area contributed by atoms with Gasteiger partial charge < -0.3 is 16.0 Å². The number of piperazine rings is 1. The summed E-state index contributed by atoms with van der Waals surface area (Å²) in [4.78, 5) is 10.7. The van der Waals surface area contributed by atoms with Crippen molar-refractivity contribution in [2.24, 2.45) is 0 Å². The van der Waals surface area contributed by atoms with Crippen LogP contribution >= 0.6 is 0 Å². The average molecular weight is 233 g/mol. The highest BCUT2D eigenvalue weighted by Crippen LogP contribution is 2.25. The van der Waals surface area contributed by atoms with E-state index in [9.17, 15) is 0 Å². The van der Waals surface area contributed by atoms with Gasteiger partial charge in [-0.15, -0.1) is 0 Å². The van der Waals surface area contributed by atoms with Crippen molar-refractivity contribution in [3.05, 3.63) is 6.20 Å². The summed E-state index contributed by atoms with van der Waals surface area (Å²) in [5, 5.41) is 11.1. The quantitative estimate of drug-likeness (QED) is 0.627. The number of hydrogen-bond acceptors (Lipinski definition) is 6. The van der Waals surface area contributed by atoms with E-state index in [4.69, 9.17) is 5.73 Å². The van der Waals surface area contributed by atoms with Crippen LogP contribution in [0.1, 0.15) is 6.92 Å². The van der Waals surface area contributed by atoms with Crippen molar-refractivity contribution in [1.82, 2.24) is 25.5 Å². The van der Waals surface area contributed by atoms with Gasteiger partial charge in [0.2, 0.25) is 5.95 Å². The molecule has 1 aliphatic rings. The highest BCUT2D eigenvalue weighted by atomic mass is 15.3. The van der Waals surface area contributed by atoms with Gasteiger partial charge in [-0.2, -0.15) is 15.1 Å². The molecule has 4 N–H and O–H groups in total. The van der Waals surface area contributed by atoms with Crippen LogP contribution in [0.5, 0.6) is 0 Å². The highest BCUT2D eigenvalue weighted by Gasteiger charge is 2.22. The van der Waals surface area contributed by atoms with E-state index < -0.39 is 0 Å². The summed E-state index contributed by atoms with van der Waals surface area (Å²) in [6.07, 6.45) is 1.75. The molecule has 7 nitrogen and oxygen atoms in total. The predicted octanol–water partition coefficient (Wildman–Crippen LogP) is -0.267. The summed E-state index contributed by atoms with van der Waals surface area (Å²) in [6.45, 7) is 4.98. The minimum Gasteiger partial charge on any atom is -0.368 e. The van der Waals surface area contributed by atoms with Crippen LogP contribution in [0.4, 0.5) is 11.8 Å². The van der Waals surface area contributed by atoms with Crippen molar-refractivity contribution < 1.29 is 0 Å². The van der Waals surface area contributed by atoms with Crippen LogP contribution < -0.4 is 16.0 Å². The van der Waals surface area contributed by atoms with Gasteiger partial charge in [0.25, 0.3) is 0 Å². The second kappa shape index (κ2) is 3.85. The number of anilines is 2. The number of nitrogens with one attached hydrogen (secondary N) is 2. The summed E-state index contributed by atoms with van der Waals surface area (Å²) in [5.41, 5.74) is 6.42. The molecule has 3 heterocycles. The third-order valence-corrected chi connectivity index (χ3v) is 3.08. The van der Waals surface area contributed by atoms with Crippen LogP contribution in [0.2, 0.25) is 0 Å². The fourth-order valence-electron chi connectivity index (χ4n) is 2.21. The molecular weight excluding hydrogens is 218 g/mol. The molecule has 0 bridgehead atoms. The Kier molecular flexibility index (Phi) is 2.32. The first-order chi connectivity index (χ1) is 8.25. The zero-order valence-electron chi connectivity index (χ0n) is 9.64. The van der Waals surface area contributed by atoms with Gasteiger partial charge in [0.1, 0.15) is 5.82 Å². The molecule has 1 atom stereocenters. The number of rotatable bonds is 1. The van der Waals surface area contributed by atoms with Gasteiger partial charge in [0, 0.05) is 25.7 Å². The molecule has 0 spiro atoms. The lowest BCUT2D eigenvalue weighted by Gasteiger charge is -2.35. The zero-order valence-corrected chi connectivity index (χ0v) is 9.64. The summed E-state index contributed by atoms with van der Waals surface area (Å²) in [6, 6.07) is 0.385. The molecule has 3 rings (SSSR count). The Morgan fingerprint density at radius 2 is 2.35 bits per heavy atom. The molecule has 0 aliphatic carbocycles. The van der Waals surface area contributed by atoms with Gasteiger partial charge in [-0.05, 0) is 6.92 Å². The number of aromatic amines is 1. The second-order valence-corrected chi connectivity index (χ2v) is 4.28. The Labute approximate surface area is 98.4 Å². The Hall–Kier alpha value is -1.89. The molecular formula is C10H15N7. The van der Waals surface area contributed by atoms with Gasteiger partial charge in [-0.25, -0.2) is 0 Å². The Morgan fingerprint density at radius 1 is 1.47 bits per heavy atom. The Morgan fingerprint density at radius 3 is 3.18 bits per heavy atom. The number of H-pyrrole nitrogens is 1. The van der Waals surface area contributed by atoms with Crippen molar-refractivity contribution in [3.63, 3.8) is 0 Å². The number of hydrogen-bond donors (Lipinski definition) is 3. The van der Waals surface area contributed by atoms with E-state index in [1.165, 1.54) is 0 Å². The Balaban J connectivity index is 2.11. The third kappa shape index (κ3) is 1.68. The van der Waals surface area contributed by atoms with E-state index in [0.717, 1.165) is 30.8 Å². The average Bonchev–Trinajstić information content (AvgIpc) is 2.76. The van der Waals surface area contributed by atoms with Crippen LogP contribution in [-0.2, 0) is 0 Å². The lowest BCUT2D eigenvalue weighted by Crippen LogP contribution is -2.50. The van der Waals surface area contributed by atoms with Gasteiger partial charge in [0.15, 0.2) is 5.65 Å². The maximum Gasteiger partial charge on any atom is 0.224 e. The summed E-state index contributed by atoms with van der Waals surface area (Å²) in [5.74, 6) is 1.15. The molecule has 1 saturated heterocycles. The molecule has 0 aromatic carbocycles. The van der Waals surface area contributed by atoms with E-state index in [2.05, 4.69) is 37.3 Å². The molecule has 90 valence electrons. The lowest BCUT2D eigenvalue weighted by molar-refractivity contribution is 0.498. The molecule has 0 unspecified atom stereocenters. The van der Waals surface area contributed by atoms with Crippen LogP contribution in [-0.4, -0.2) is 45.8 Å². The smallest absolute Gasteiger partial charge is 0.224 e. The molecule has 17 heavy (non-hydrogen) atoms. The molecule has 0 saturated carbocycles. The van der Waals surface area contributed by atoms with E-state index in [1.807, 2.05) is 0 Å². The van der Waals surface area contributed by atoms with Crippen LogP contribution in [0.3, 0.4) is 0 Å². The van der Waals surface area contributed by atoms with Gasteiger partial charge in [-0.1, -0.05) is 0 Å². The first kappa shape index (κ1) is 10.3. The standard InChI is InChI=1S/C10H15N7/c1-6-4-12-2-3-17(6)9-7-5-13-16-8(7)14-10(11)15-9/h5-6,12H,2-4H2,1H3,(H3,11,13,14,15,16)/t6-/m0/s1. The molecule has 0 radical (unpaired) electrons. The highest BCUT2D eigenvalue weighted by molar-refractivity contribution is 5.87. The fraction of sp³-hybridized carbons (Fsp3) is 0.500. The largest absolute Gasteiger partial charge is 0.368 e. The van der Waals surface area contributed by atoms with E-state index in [-0.39, 0.29) is 5.95 Å². The van der Waals surface area contributed by atoms with Gasteiger partial charge >= 0.3 is 0 Å². The molecule has 7 heteroatoms. The molecule has 1 fully saturated rings. The second-order valence-electron chi connectivity index (χ2n) is 4.28.